The third kappa shape index (κ3) is 3.07. The van der Waals surface area contributed by atoms with Gasteiger partial charge < -0.3 is 14.8 Å². The first-order valence-corrected chi connectivity index (χ1v) is 9.53. The molecule has 2 bridgehead atoms. The molecule has 3 aliphatic rings. The van der Waals surface area contributed by atoms with E-state index in [9.17, 15) is 18.0 Å². The van der Waals surface area contributed by atoms with Crippen LogP contribution < -0.4 is 14.8 Å². The molecule has 0 amide bonds. The summed E-state index contributed by atoms with van der Waals surface area (Å²) >= 11 is 0. The first-order valence-electron chi connectivity index (χ1n) is 9.53. The van der Waals surface area contributed by atoms with Gasteiger partial charge in [-0.3, -0.25) is 4.79 Å². The van der Waals surface area contributed by atoms with Gasteiger partial charge in [-0.15, -0.1) is 0 Å². The van der Waals surface area contributed by atoms with Gasteiger partial charge >= 0.3 is 6.18 Å². The van der Waals surface area contributed by atoms with Crippen LogP contribution in [0.25, 0.3) is 0 Å². The number of benzene rings is 1. The molecule has 0 radical (unpaired) electrons. The normalized spacial score (nSPS) is 24.5. The minimum atomic E-state index is -4.26. The zero-order valence-electron chi connectivity index (χ0n) is 16.9. The maximum Gasteiger partial charge on any atom is 0.394 e. The molecule has 0 aliphatic heterocycles. The third-order valence-corrected chi connectivity index (χ3v) is 6.16. The fourth-order valence-electron chi connectivity index (χ4n) is 4.52. The number of ketones is 1. The molecule has 1 heterocycles. The van der Waals surface area contributed by atoms with E-state index in [0.717, 1.165) is 5.56 Å². The SMILES string of the molecule is COc1ccc(CNc2nc(C)cnc2C(=O)C23CC(C(F)(F)F)(C2)C3)c(OC)c1. The highest BCUT2D eigenvalue weighted by atomic mass is 19.4. The lowest BCUT2D eigenvalue weighted by Gasteiger charge is -2.69. The van der Waals surface area contributed by atoms with Crippen molar-refractivity contribution >= 4 is 11.6 Å². The number of carbonyl (C=O) groups is 1. The van der Waals surface area contributed by atoms with E-state index in [4.69, 9.17) is 9.47 Å². The lowest BCUT2D eigenvalue weighted by Crippen LogP contribution is -2.71. The number of nitrogens with one attached hydrogen (secondary N) is 1. The van der Waals surface area contributed by atoms with E-state index in [-0.39, 0.29) is 36.6 Å². The number of rotatable bonds is 7. The van der Waals surface area contributed by atoms with E-state index in [1.54, 1.807) is 33.3 Å². The van der Waals surface area contributed by atoms with Gasteiger partial charge in [0, 0.05) is 29.8 Å². The molecule has 6 nitrogen and oxygen atoms in total. The van der Waals surface area contributed by atoms with Crippen molar-refractivity contribution in [1.29, 1.82) is 0 Å². The lowest BCUT2D eigenvalue weighted by atomic mass is 9.33. The third-order valence-electron chi connectivity index (χ3n) is 6.16. The summed E-state index contributed by atoms with van der Waals surface area (Å²) in [6.45, 7) is 2.03. The molecule has 9 heteroatoms. The first kappa shape index (κ1) is 20.4. The maximum absolute atomic E-state index is 13.2. The number of nitrogens with zero attached hydrogens (tertiary/aromatic N) is 2. The summed E-state index contributed by atoms with van der Waals surface area (Å²) in [7, 11) is 3.10. The number of halogens is 3. The van der Waals surface area contributed by atoms with Gasteiger partial charge in [0.2, 0.25) is 0 Å². The van der Waals surface area contributed by atoms with Crippen LogP contribution in [-0.2, 0) is 6.54 Å². The smallest absolute Gasteiger partial charge is 0.394 e. The van der Waals surface area contributed by atoms with Crippen molar-refractivity contribution in [2.75, 3.05) is 19.5 Å². The van der Waals surface area contributed by atoms with Crippen LogP contribution in [0, 0.1) is 17.8 Å². The predicted octanol–water partition coefficient (Wildman–Crippen LogP) is 4.33. The Morgan fingerprint density at radius 1 is 1.20 bits per heavy atom. The van der Waals surface area contributed by atoms with Crippen molar-refractivity contribution in [1.82, 2.24) is 9.97 Å². The number of hydrogen-bond donors (Lipinski definition) is 1. The monoisotopic (exact) mass is 421 g/mol. The Hall–Kier alpha value is -2.84. The molecule has 0 unspecified atom stereocenters. The highest BCUT2D eigenvalue weighted by molar-refractivity contribution is 6.04. The fraction of sp³-hybridized carbons (Fsp3) is 0.476. The molecule has 3 saturated carbocycles. The second-order valence-corrected chi connectivity index (χ2v) is 8.16. The van der Waals surface area contributed by atoms with Crippen LogP contribution >= 0.6 is 0 Å². The number of hydrogen-bond acceptors (Lipinski definition) is 6. The second kappa shape index (κ2) is 6.85. The van der Waals surface area contributed by atoms with Gasteiger partial charge in [0.15, 0.2) is 11.6 Å². The molecule has 2 aromatic rings. The number of aromatic nitrogens is 2. The Morgan fingerprint density at radius 2 is 1.90 bits per heavy atom. The van der Waals surface area contributed by atoms with Crippen molar-refractivity contribution in [2.45, 2.75) is 38.9 Å². The molecule has 5 rings (SSSR count). The van der Waals surface area contributed by atoms with Crippen LogP contribution in [-0.4, -0.2) is 36.1 Å². The van der Waals surface area contributed by atoms with E-state index in [2.05, 4.69) is 15.3 Å². The Kier molecular flexibility index (Phi) is 4.67. The van der Waals surface area contributed by atoms with Crippen molar-refractivity contribution in [3.8, 4) is 11.5 Å². The Morgan fingerprint density at radius 3 is 2.50 bits per heavy atom. The molecule has 1 N–H and O–H groups in total. The Bertz CT molecular complexity index is 987. The van der Waals surface area contributed by atoms with Crippen molar-refractivity contribution in [2.24, 2.45) is 10.8 Å². The molecule has 1 aromatic carbocycles. The summed E-state index contributed by atoms with van der Waals surface area (Å²) in [5, 5.41) is 3.10. The van der Waals surface area contributed by atoms with Crippen LogP contribution in [0.4, 0.5) is 19.0 Å². The zero-order chi connectivity index (χ0) is 21.7. The summed E-state index contributed by atoms with van der Waals surface area (Å²) in [5.41, 5.74) is -1.16. The van der Waals surface area contributed by atoms with Crippen LogP contribution in [0.1, 0.15) is 41.0 Å². The molecule has 0 saturated heterocycles. The minimum absolute atomic E-state index is 0.0866. The van der Waals surface area contributed by atoms with E-state index >= 15 is 0 Å². The summed E-state index contributed by atoms with van der Waals surface area (Å²) in [4.78, 5) is 21.6. The molecule has 1 aromatic heterocycles. The number of carbonyl (C=O) groups excluding carboxylic acids is 1. The molecule has 160 valence electrons. The Labute approximate surface area is 171 Å². The first-order chi connectivity index (χ1) is 14.1. The van der Waals surface area contributed by atoms with E-state index < -0.39 is 17.0 Å². The minimum Gasteiger partial charge on any atom is -0.497 e. The summed E-state index contributed by atoms with van der Waals surface area (Å²) in [5.74, 6) is 1.14. The summed E-state index contributed by atoms with van der Waals surface area (Å²) in [6, 6.07) is 5.35. The van der Waals surface area contributed by atoms with Gasteiger partial charge in [0.25, 0.3) is 0 Å². The van der Waals surface area contributed by atoms with Gasteiger partial charge in [-0.05, 0) is 38.3 Å². The van der Waals surface area contributed by atoms with E-state index in [1.165, 1.54) is 6.20 Å². The van der Waals surface area contributed by atoms with Crippen molar-refractivity contribution < 1.29 is 27.4 Å². The fourth-order valence-corrected chi connectivity index (χ4v) is 4.52. The van der Waals surface area contributed by atoms with Crippen LogP contribution in [0.3, 0.4) is 0 Å². The van der Waals surface area contributed by atoms with Gasteiger partial charge in [0.1, 0.15) is 17.2 Å². The van der Waals surface area contributed by atoms with Gasteiger partial charge in [-0.1, -0.05) is 0 Å². The van der Waals surface area contributed by atoms with Crippen LogP contribution in [0.15, 0.2) is 24.4 Å². The molecule has 0 spiro atoms. The second-order valence-electron chi connectivity index (χ2n) is 8.16. The van der Waals surface area contributed by atoms with Gasteiger partial charge in [0.05, 0.1) is 25.3 Å². The average molecular weight is 421 g/mol. The highest BCUT2D eigenvalue weighted by Crippen LogP contribution is 2.79. The van der Waals surface area contributed by atoms with Crippen LogP contribution in [0.5, 0.6) is 11.5 Å². The topological polar surface area (TPSA) is 73.3 Å². The quantitative estimate of drug-likeness (QED) is 0.671. The summed E-state index contributed by atoms with van der Waals surface area (Å²) in [6.07, 6.45) is -3.30. The van der Waals surface area contributed by atoms with Gasteiger partial charge in [-0.2, -0.15) is 13.2 Å². The molecule has 3 aliphatic carbocycles. The van der Waals surface area contributed by atoms with E-state index in [1.807, 2.05) is 6.07 Å². The number of ether oxygens (including phenoxy) is 2. The van der Waals surface area contributed by atoms with Gasteiger partial charge in [-0.25, -0.2) is 9.97 Å². The van der Waals surface area contributed by atoms with Crippen molar-refractivity contribution in [3.05, 3.63) is 41.3 Å². The summed E-state index contributed by atoms with van der Waals surface area (Å²) < 4.78 is 50.0. The van der Waals surface area contributed by atoms with E-state index in [0.29, 0.717) is 23.7 Å². The molecule has 3 fully saturated rings. The number of methoxy groups -OCH3 is 2. The standard InChI is InChI=1S/C21H22F3N3O3/c1-12-7-25-16(17(28)19-9-20(10-19,11-19)21(22,23)24)18(27-12)26-8-13-4-5-14(29-2)6-15(13)30-3/h4-7H,8-11H2,1-3H3,(H,26,27). The van der Waals surface area contributed by atoms with Crippen LogP contribution in [0.2, 0.25) is 0 Å². The van der Waals surface area contributed by atoms with Crippen molar-refractivity contribution in [3.63, 3.8) is 0 Å². The highest BCUT2D eigenvalue weighted by Gasteiger charge is 2.80. The number of anilines is 1. The average Bonchev–Trinajstić information content (AvgIpc) is 2.62. The largest absolute Gasteiger partial charge is 0.497 e. The predicted molar refractivity (Wildman–Crippen MR) is 103 cm³/mol. The number of Topliss-reactive ketones (excluding diaryl/α,β-unsaturated/α-hetero) is 1. The maximum atomic E-state index is 13.2. The lowest BCUT2D eigenvalue weighted by molar-refractivity contribution is -0.346. The molecular weight excluding hydrogens is 399 g/mol. The molecular formula is C21H22F3N3O3. The molecule has 30 heavy (non-hydrogen) atoms. The number of aryl methyl sites for hydroxylation is 1. The number of alkyl halides is 3. The molecule has 0 atom stereocenters. The zero-order valence-corrected chi connectivity index (χ0v) is 16.9. The Balaban J connectivity index is 1.54.